The number of ether oxygens (including phenoxy) is 1. The van der Waals surface area contributed by atoms with Gasteiger partial charge in [-0.3, -0.25) is 20.2 Å². The zero-order valence-electron chi connectivity index (χ0n) is 22.0. The summed E-state index contributed by atoms with van der Waals surface area (Å²) in [5, 5.41) is 29.7. The molecule has 4 aromatic rings. The van der Waals surface area contributed by atoms with Crippen molar-refractivity contribution in [1.29, 1.82) is 0 Å². The highest BCUT2D eigenvalue weighted by molar-refractivity contribution is 8.13. The third kappa shape index (κ3) is 8.59. The van der Waals surface area contributed by atoms with Crippen LogP contribution in [-0.4, -0.2) is 27.5 Å². The van der Waals surface area contributed by atoms with E-state index in [1.807, 2.05) is 67.1 Å². The van der Waals surface area contributed by atoms with Crippen molar-refractivity contribution in [3.63, 3.8) is 0 Å². The molecule has 208 valence electrons. The number of thioether (sulfide) groups is 2. The molecule has 4 aromatic carbocycles. The van der Waals surface area contributed by atoms with Crippen LogP contribution >= 0.6 is 23.5 Å². The molecule has 0 saturated heterocycles. The highest BCUT2D eigenvalue weighted by atomic mass is 32.2. The van der Waals surface area contributed by atoms with E-state index in [1.54, 1.807) is 24.3 Å². The topological polar surface area (TPSA) is 132 Å². The molecule has 0 fully saturated rings. The predicted molar refractivity (Wildman–Crippen MR) is 168 cm³/mol. The van der Waals surface area contributed by atoms with Crippen molar-refractivity contribution in [2.24, 2.45) is 4.99 Å². The monoisotopic (exact) mass is 587 g/mol. The van der Waals surface area contributed by atoms with Crippen LogP contribution in [0.2, 0.25) is 0 Å². The SMILES string of the molecule is CSC(=Nc1ccc([N+](=O)[O-])cc1)Nc1ccc(Oc2ccc(/C=C(/Nc3ccc([N+](=O)[O-])cc3)SC)cc2)cc1. The van der Waals surface area contributed by atoms with Gasteiger partial charge in [-0.2, -0.15) is 0 Å². The second-order valence-corrected chi connectivity index (χ2v) is 10.00. The van der Waals surface area contributed by atoms with E-state index in [9.17, 15) is 20.2 Å². The first-order valence-corrected chi connectivity index (χ1v) is 14.6. The van der Waals surface area contributed by atoms with Gasteiger partial charge >= 0.3 is 0 Å². The van der Waals surface area contributed by atoms with Gasteiger partial charge in [-0.15, -0.1) is 11.8 Å². The van der Waals surface area contributed by atoms with Crippen molar-refractivity contribution in [1.82, 2.24) is 0 Å². The van der Waals surface area contributed by atoms with Crippen molar-refractivity contribution >= 4 is 63.2 Å². The molecule has 0 aromatic heterocycles. The van der Waals surface area contributed by atoms with Crippen molar-refractivity contribution in [2.75, 3.05) is 23.1 Å². The second-order valence-electron chi connectivity index (χ2n) is 8.36. The van der Waals surface area contributed by atoms with E-state index in [4.69, 9.17) is 4.74 Å². The summed E-state index contributed by atoms with van der Waals surface area (Å²) in [6.45, 7) is 0. The average Bonchev–Trinajstić information content (AvgIpc) is 2.99. The number of rotatable bonds is 10. The van der Waals surface area contributed by atoms with Crippen molar-refractivity contribution in [3.05, 3.63) is 128 Å². The molecule has 0 bridgehead atoms. The summed E-state index contributed by atoms with van der Waals surface area (Å²) in [6, 6.07) is 27.4. The molecule has 0 radical (unpaired) electrons. The number of benzene rings is 4. The van der Waals surface area contributed by atoms with E-state index in [0.717, 1.165) is 22.0 Å². The summed E-state index contributed by atoms with van der Waals surface area (Å²) in [7, 11) is 0. The van der Waals surface area contributed by atoms with Gasteiger partial charge in [0.05, 0.1) is 20.6 Å². The largest absolute Gasteiger partial charge is 0.457 e. The second kappa shape index (κ2) is 14.0. The van der Waals surface area contributed by atoms with Gasteiger partial charge in [-0.05, 0) is 84.8 Å². The van der Waals surface area contributed by atoms with E-state index in [1.165, 1.54) is 47.8 Å². The third-order valence-electron chi connectivity index (χ3n) is 5.57. The van der Waals surface area contributed by atoms with Gasteiger partial charge in [0.25, 0.3) is 11.4 Å². The fourth-order valence-electron chi connectivity index (χ4n) is 3.49. The van der Waals surface area contributed by atoms with E-state index in [-0.39, 0.29) is 11.4 Å². The van der Waals surface area contributed by atoms with Crippen LogP contribution in [0.5, 0.6) is 11.5 Å². The quantitative estimate of drug-likeness (QED) is 0.0810. The van der Waals surface area contributed by atoms with Gasteiger partial charge in [0, 0.05) is 35.6 Å². The number of nitrogens with zero attached hydrogens (tertiary/aromatic N) is 3. The minimum atomic E-state index is -0.442. The first kappa shape index (κ1) is 29.2. The fourth-order valence-corrected chi connectivity index (χ4v) is 4.39. The molecule has 0 aliphatic rings. The zero-order chi connectivity index (χ0) is 29.2. The van der Waals surface area contributed by atoms with Crippen LogP contribution in [0, 0.1) is 20.2 Å². The Morgan fingerprint density at radius 1 is 0.707 bits per heavy atom. The van der Waals surface area contributed by atoms with Gasteiger partial charge in [-0.1, -0.05) is 23.9 Å². The minimum Gasteiger partial charge on any atom is -0.457 e. The van der Waals surface area contributed by atoms with Crippen LogP contribution < -0.4 is 15.4 Å². The number of hydrogen-bond acceptors (Lipinski definition) is 9. The lowest BCUT2D eigenvalue weighted by molar-refractivity contribution is -0.385. The smallest absolute Gasteiger partial charge is 0.269 e. The van der Waals surface area contributed by atoms with Crippen molar-refractivity contribution < 1.29 is 14.6 Å². The number of nitro groups is 2. The van der Waals surface area contributed by atoms with Crippen LogP contribution in [0.15, 0.2) is 107 Å². The van der Waals surface area contributed by atoms with Crippen LogP contribution in [-0.2, 0) is 0 Å². The lowest BCUT2D eigenvalue weighted by Crippen LogP contribution is -2.06. The third-order valence-corrected chi connectivity index (χ3v) is 6.81. The molecule has 41 heavy (non-hydrogen) atoms. The van der Waals surface area contributed by atoms with Crippen LogP contribution in [0.1, 0.15) is 5.56 Å². The number of nitrogens with one attached hydrogen (secondary N) is 2. The van der Waals surface area contributed by atoms with E-state index in [2.05, 4.69) is 15.6 Å². The van der Waals surface area contributed by atoms with Crippen LogP contribution in [0.3, 0.4) is 0 Å². The van der Waals surface area contributed by atoms with Crippen LogP contribution in [0.25, 0.3) is 6.08 Å². The minimum absolute atomic E-state index is 0.0192. The normalized spacial score (nSPS) is 11.6. The molecule has 0 amide bonds. The highest BCUT2D eigenvalue weighted by Crippen LogP contribution is 2.27. The molecule has 12 heteroatoms. The molecular formula is C29H25N5O5S2. The molecule has 0 heterocycles. The molecule has 4 rings (SSSR count). The number of aliphatic imine (C=N–C) groups is 1. The van der Waals surface area contributed by atoms with Gasteiger partial charge in [-0.25, -0.2) is 4.99 Å². The molecule has 0 aliphatic heterocycles. The summed E-state index contributed by atoms with van der Waals surface area (Å²) in [4.78, 5) is 25.3. The summed E-state index contributed by atoms with van der Waals surface area (Å²) in [5.41, 5.74) is 3.22. The first-order valence-electron chi connectivity index (χ1n) is 12.1. The Labute approximate surface area is 244 Å². The van der Waals surface area contributed by atoms with Gasteiger partial charge in [0.15, 0.2) is 5.17 Å². The van der Waals surface area contributed by atoms with E-state index >= 15 is 0 Å². The van der Waals surface area contributed by atoms with Crippen molar-refractivity contribution in [2.45, 2.75) is 0 Å². The summed E-state index contributed by atoms with van der Waals surface area (Å²) < 4.78 is 5.99. The molecule has 0 saturated carbocycles. The maximum absolute atomic E-state index is 10.9. The van der Waals surface area contributed by atoms with Crippen LogP contribution in [0.4, 0.5) is 28.4 Å². The maximum Gasteiger partial charge on any atom is 0.269 e. The van der Waals surface area contributed by atoms with Gasteiger partial charge in [0.1, 0.15) is 11.5 Å². The Balaban J connectivity index is 1.35. The molecule has 0 atom stereocenters. The number of anilines is 2. The Morgan fingerprint density at radius 2 is 1.20 bits per heavy atom. The zero-order valence-corrected chi connectivity index (χ0v) is 23.6. The molecule has 0 aliphatic carbocycles. The van der Waals surface area contributed by atoms with E-state index in [0.29, 0.717) is 22.4 Å². The molecule has 10 nitrogen and oxygen atoms in total. The first-order chi connectivity index (χ1) is 19.8. The van der Waals surface area contributed by atoms with Gasteiger partial charge in [0.2, 0.25) is 0 Å². The number of nitro benzene ring substituents is 2. The van der Waals surface area contributed by atoms with Gasteiger partial charge < -0.3 is 15.4 Å². The maximum atomic E-state index is 10.9. The number of amidine groups is 1. The Morgan fingerprint density at radius 3 is 1.71 bits per heavy atom. The van der Waals surface area contributed by atoms with Crippen molar-refractivity contribution in [3.8, 4) is 11.5 Å². The summed E-state index contributed by atoms with van der Waals surface area (Å²) in [5.74, 6) is 1.35. The standard InChI is InChI=1S/C29H25N5O5S2/c1-40-28(30-21-5-11-24(12-6-21)33(35)36)19-20-3-15-26(16-4-20)39-27-17-9-23(10-18-27)32-29(41-2)31-22-7-13-25(14-8-22)34(37)38/h3-19,30H,1-2H3,(H,31,32)/b28-19-. The average molecular weight is 588 g/mol. The molecule has 2 N–H and O–H groups in total. The Hall–Kier alpha value is -4.81. The number of hydrogen-bond donors (Lipinski definition) is 2. The molecule has 0 unspecified atom stereocenters. The lowest BCUT2D eigenvalue weighted by atomic mass is 10.2. The molecule has 0 spiro atoms. The molecular weight excluding hydrogens is 562 g/mol. The Bertz CT molecular complexity index is 1560. The fraction of sp³-hybridized carbons (Fsp3) is 0.0690. The number of non-ortho nitro benzene ring substituents is 2. The summed E-state index contributed by atoms with van der Waals surface area (Å²) in [6.07, 6.45) is 5.82. The Kier molecular flexibility index (Phi) is 9.97. The summed E-state index contributed by atoms with van der Waals surface area (Å²) >= 11 is 2.95. The lowest BCUT2D eigenvalue weighted by Gasteiger charge is -2.10. The highest BCUT2D eigenvalue weighted by Gasteiger charge is 2.07. The predicted octanol–water partition coefficient (Wildman–Crippen LogP) is 8.53. The van der Waals surface area contributed by atoms with E-state index < -0.39 is 9.85 Å².